The lowest BCUT2D eigenvalue weighted by Gasteiger charge is -2.35. The van der Waals surface area contributed by atoms with Gasteiger partial charge in [-0.25, -0.2) is 0 Å². The molecule has 0 bridgehead atoms. The summed E-state index contributed by atoms with van der Waals surface area (Å²) in [6.45, 7) is 6.91. The number of ether oxygens (including phenoxy) is 1. The van der Waals surface area contributed by atoms with Crippen LogP contribution in [0.25, 0.3) is 0 Å². The topological polar surface area (TPSA) is 38.3 Å². The van der Waals surface area contributed by atoms with Gasteiger partial charge in [0, 0.05) is 18.0 Å². The van der Waals surface area contributed by atoms with Gasteiger partial charge in [0.1, 0.15) is 5.76 Å². The van der Waals surface area contributed by atoms with E-state index in [-0.39, 0.29) is 11.3 Å². The van der Waals surface area contributed by atoms with Crippen LogP contribution in [0.15, 0.2) is 47.3 Å². The zero-order chi connectivity index (χ0) is 19.9. The molecule has 0 aliphatic heterocycles. The predicted octanol–water partition coefficient (Wildman–Crippen LogP) is 5.71. The van der Waals surface area contributed by atoms with Crippen LogP contribution in [0.2, 0.25) is 0 Å². The molecule has 3 atom stereocenters. The Kier molecular flexibility index (Phi) is 7.94. The van der Waals surface area contributed by atoms with Gasteiger partial charge in [-0.1, -0.05) is 57.4 Å². The number of amides is 1. The fourth-order valence-electron chi connectivity index (χ4n) is 4.26. The summed E-state index contributed by atoms with van der Waals surface area (Å²) in [4.78, 5) is 12.4. The molecule has 3 nitrogen and oxygen atoms in total. The fraction of sp³-hybridized carbons (Fsp3) is 0.625. The first-order chi connectivity index (χ1) is 12.9. The van der Waals surface area contributed by atoms with E-state index in [1.165, 1.54) is 24.8 Å². The lowest BCUT2D eigenvalue weighted by atomic mass is 9.69. The van der Waals surface area contributed by atoms with E-state index in [1.807, 2.05) is 6.08 Å². The maximum atomic E-state index is 12.4. The highest BCUT2D eigenvalue weighted by molar-refractivity contribution is 5.93. The van der Waals surface area contributed by atoms with E-state index >= 15 is 0 Å². The Morgan fingerprint density at radius 3 is 2.89 bits per heavy atom. The van der Waals surface area contributed by atoms with Crippen molar-refractivity contribution >= 4 is 5.91 Å². The van der Waals surface area contributed by atoms with Gasteiger partial charge in [-0.3, -0.25) is 4.79 Å². The molecular weight excluding hydrogens is 334 g/mol. The Hall–Kier alpha value is -1.77. The molecule has 1 N–H and O–H groups in total. The standard InChI is InChI=1S/C24H37NO2/c1-6-7-9-18(2)14-21-16-24(13-8-10-22(17-24)27-5)15-20(23(26)25-4)12-11-19(21)3/h8,10,14-15,17-19H,6-7,9,11-13,16H2,1-5H3,(H,25,26). The summed E-state index contributed by atoms with van der Waals surface area (Å²) in [5, 5.41) is 2.82. The van der Waals surface area contributed by atoms with Gasteiger partial charge in [0.2, 0.25) is 5.91 Å². The minimum Gasteiger partial charge on any atom is -0.497 e. The molecule has 0 aromatic carbocycles. The third-order valence-corrected chi connectivity index (χ3v) is 5.95. The second-order valence-electron chi connectivity index (χ2n) is 8.32. The van der Waals surface area contributed by atoms with E-state index in [0.717, 1.165) is 37.0 Å². The Labute approximate surface area is 165 Å². The van der Waals surface area contributed by atoms with Crippen LogP contribution in [0.1, 0.15) is 65.7 Å². The van der Waals surface area contributed by atoms with Gasteiger partial charge in [-0.05, 0) is 56.1 Å². The number of hydrogen-bond donors (Lipinski definition) is 1. The van der Waals surface area contributed by atoms with Crippen molar-refractivity contribution in [3.8, 4) is 0 Å². The molecule has 27 heavy (non-hydrogen) atoms. The van der Waals surface area contributed by atoms with Gasteiger partial charge in [0.05, 0.1) is 7.11 Å². The van der Waals surface area contributed by atoms with Crippen LogP contribution in [-0.2, 0) is 9.53 Å². The highest BCUT2D eigenvalue weighted by atomic mass is 16.5. The molecule has 3 unspecified atom stereocenters. The number of likely N-dealkylation sites (N-methyl/N-ethyl adjacent to an activating group) is 1. The Morgan fingerprint density at radius 2 is 2.22 bits per heavy atom. The molecule has 1 amide bonds. The number of methoxy groups -OCH3 is 1. The number of nitrogens with one attached hydrogen (secondary N) is 1. The molecule has 0 radical (unpaired) electrons. The monoisotopic (exact) mass is 371 g/mol. The van der Waals surface area contributed by atoms with Crippen LogP contribution < -0.4 is 5.32 Å². The molecule has 0 saturated heterocycles. The van der Waals surface area contributed by atoms with E-state index in [9.17, 15) is 4.79 Å². The Balaban J connectivity index is 2.42. The summed E-state index contributed by atoms with van der Waals surface area (Å²) in [5.74, 6) is 2.03. The van der Waals surface area contributed by atoms with Crippen LogP contribution >= 0.6 is 0 Å². The first-order valence-electron chi connectivity index (χ1n) is 10.5. The van der Waals surface area contributed by atoms with Crippen LogP contribution in [0.4, 0.5) is 0 Å². The van der Waals surface area contributed by atoms with Crippen LogP contribution in [0.3, 0.4) is 0 Å². The largest absolute Gasteiger partial charge is 0.497 e. The summed E-state index contributed by atoms with van der Waals surface area (Å²) in [5.41, 5.74) is 2.27. The molecular formula is C24H37NO2. The number of allylic oxidation sites excluding steroid dienone is 6. The van der Waals surface area contributed by atoms with Gasteiger partial charge in [0.25, 0.3) is 0 Å². The van der Waals surface area contributed by atoms with E-state index in [0.29, 0.717) is 11.8 Å². The Bertz CT molecular complexity index is 641. The van der Waals surface area contributed by atoms with Crippen molar-refractivity contribution in [2.24, 2.45) is 17.3 Å². The van der Waals surface area contributed by atoms with E-state index < -0.39 is 0 Å². The van der Waals surface area contributed by atoms with Crippen molar-refractivity contribution in [1.82, 2.24) is 5.32 Å². The molecule has 2 rings (SSSR count). The summed E-state index contributed by atoms with van der Waals surface area (Å²) in [6, 6.07) is 0. The van der Waals surface area contributed by atoms with Gasteiger partial charge < -0.3 is 10.1 Å². The fourth-order valence-corrected chi connectivity index (χ4v) is 4.26. The van der Waals surface area contributed by atoms with Crippen molar-refractivity contribution in [2.45, 2.75) is 65.7 Å². The lowest BCUT2D eigenvalue weighted by molar-refractivity contribution is -0.117. The highest BCUT2D eigenvalue weighted by Crippen LogP contribution is 2.44. The second kappa shape index (κ2) is 9.96. The summed E-state index contributed by atoms with van der Waals surface area (Å²) in [7, 11) is 3.43. The van der Waals surface area contributed by atoms with E-state index in [2.05, 4.69) is 50.4 Å². The maximum absolute atomic E-state index is 12.4. The summed E-state index contributed by atoms with van der Waals surface area (Å²) < 4.78 is 5.53. The number of carbonyl (C=O) groups is 1. The summed E-state index contributed by atoms with van der Waals surface area (Å²) in [6.07, 6.45) is 18.7. The van der Waals surface area contributed by atoms with Crippen molar-refractivity contribution in [3.05, 3.63) is 47.3 Å². The third-order valence-electron chi connectivity index (χ3n) is 5.95. The van der Waals surface area contributed by atoms with Crippen molar-refractivity contribution in [1.29, 1.82) is 0 Å². The van der Waals surface area contributed by atoms with Crippen molar-refractivity contribution in [2.75, 3.05) is 14.2 Å². The maximum Gasteiger partial charge on any atom is 0.246 e. The lowest BCUT2D eigenvalue weighted by Crippen LogP contribution is -2.28. The average molecular weight is 372 g/mol. The first-order valence-corrected chi connectivity index (χ1v) is 10.5. The van der Waals surface area contributed by atoms with Crippen LogP contribution in [0.5, 0.6) is 0 Å². The van der Waals surface area contributed by atoms with Crippen molar-refractivity contribution in [3.63, 3.8) is 0 Å². The minimum absolute atomic E-state index is 0.0484. The molecule has 150 valence electrons. The zero-order valence-corrected chi connectivity index (χ0v) is 17.8. The number of rotatable bonds is 6. The summed E-state index contributed by atoms with van der Waals surface area (Å²) >= 11 is 0. The smallest absolute Gasteiger partial charge is 0.246 e. The van der Waals surface area contributed by atoms with Crippen LogP contribution in [0, 0.1) is 17.3 Å². The number of unbranched alkanes of at least 4 members (excludes halogenated alkanes) is 1. The normalized spacial score (nSPS) is 28.2. The predicted molar refractivity (Wildman–Crippen MR) is 113 cm³/mol. The van der Waals surface area contributed by atoms with Gasteiger partial charge in [0.15, 0.2) is 0 Å². The van der Waals surface area contributed by atoms with Gasteiger partial charge >= 0.3 is 0 Å². The number of hydrogen-bond acceptors (Lipinski definition) is 2. The SMILES string of the molecule is CCCCC(C)C=C1CC2(C=C(OC)C=CC2)C=C(C(=O)NC)CCC1C. The molecule has 0 aromatic heterocycles. The molecule has 0 heterocycles. The first kappa shape index (κ1) is 21.5. The quantitative estimate of drug-likeness (QED) is 0.607. The van der Waals surface area contributed by atoms with Crippen LogP contribution in [-0.4, -0.2) is 20.1 Å². The molecule has 0 fully saturated rings. The molecule has 1 spiro atoms. The molecule has 2 aliphatic carbocycles. The Morgan fingerprint density at radius 1 is 1.44 bits per heavy atom. The van der Waals surface area contributed by atoms with E-state index in [4.69, 9.17) is 4.74 Å². The highest BCUT2D eigenvalue weighted by Gasteiger charge is 2.33. The average Bonchev–Trinajstić information content (AvgIpc) is 2.67. The molecule has 0 aromatic rings. The third kappa shape index (κ3) is 5.85. The van der Waals surface area contributed by atoms with Crippen molar-refractivity contribution < 1.29 is 9.53 Å². The van der Waals surface area contributed by atoms with E-state index in [1.54, 1.807) is 14.2 Å². The second-order valence-corrected chi connectivity index (χ2v) is 8.32. The van der Waals surface area contributed by atoms with Gasteiger partial charge in [-0.15, -0.1) is 0 Å². The molecule has 3 heteroatoms. The number of carbonyl (C=O) groups excluding carboxylic acids is 1. The van der Waals surface area contributed by atoms with Gasteiger partial charge in [-0.2, -0.15) is 0 Å². The molecule has 0 saturated carbocycles. The minimum atomic E-state index is -0.174. The zero-order valence-electron chi connectivity index (χ0n) is 17.8. The molecule has 2 aliphatic rings.